The van der Waals surface area contributed by atoms with Gasteiger partial charge >= 0.3 is 0 Å². The largest absolute Gasteiger partial charge is 0.309 e. The second-order valence-corrected chi connectivity index (χ2v) is 12.2. The predicted molar refractivity (Wildman–Crippen MR) is 174 cm³/mol. The molecule has 0 N–H and O–H groups in total. The maximum atomic E-state index is 2.45. The van der Waals surface area contributed by atoms with Gasteiger partial charge in [0.1, 0.15) is 0 Å². The molecule has 190 valence electrons. The zero-order valence-electron chi connectivity index (χ0n) is 22.9. The first-order chi connectivity index (χ1) is 19.6. The van der Waals surface area contributed by atoms with Gasteiger partial charge in [0.2, 0.25) is 6.71 Å². The van der Waals surface area contributed by atoms with Gasteiger partial charge < -0.3 is 4.57 Å². The summed E-state index contributed by atoms with van der Waals surface area (Å²) in [5.74, 6) is 0. The van der Waals surface area contributed by atoms with Crippen LogP contribution >= 0.6 is 11.8 Å². The normalized spacial score (nSPS) is 12.7. The Labute approximate surface area is 239 Å². The van der Waals surface area contributed by atoms with Crippen LogP contribution in [0.25, 0.3) is 38.3 Å². The molecule has 1 aliphatic rings. The molecule has 0 fully saturated rings. The molecular formula is C37H28BNS. The number of nitrogens with zero attached hydrogens (tertiary/aromatic N) is 1. The van der Waals surface area contributed by atoms with E-state index in [1.165, 1.54) is 81.1 Å². The van der Waals surface area contributed by atoms with Crippen molar-refractivity contribution in [3.8, 4) is 5.69 Å². The molecule has 0 saturated carbocycles. The molecular weight excluding hydrogens is 501 g/mol. The van der Waals surface area contributed by atoms with Gasteiger partial charge in [0, 0.05) is 26.3 Å². The molecule has 0 amide bonds. The molecule has 1 aliphatic heterocycles. The van der Waals surface area contributed by atoms with Gasteiger partial charge in [0.05, 0.1) is 11.0 Å². The third-order valence-electron chi connectivity index (χ3n) is 8.61. The fourth-order valence-corrected chi connectivity index (χ4v) is 8.23. The fourth-order valence-electron chi connectivity index (χ4n) is 7.06. The number of fused-ring (bicyclic) bond motifs is 7. The standard InChI is InChI=1S/C37H28BNS/c1-23-20-24(2)37(25(3)21-23)38-30-13-7-9-15-34(30)40-35-22-27(17-18-31(35)38)39-32-14-8-6-12-29(32)36-28-11-5-4-10-26(28)16-19-33(36)39/h4-22H,1-3H3. The molecule has 1 nitrogen and oxygen atoms in total. The van der Waals surface area contributed by atoms with Crippen LogP contribution in [0.4, 0.5) is 0 Å². The summed E-state index contributed by atoms with van der Waals surface area (Å²) < 4.78 is 2.45. The SMILES string of the molecule is Cc1cc(C)c(B2c3ccccc3Sc3cc(-n4c5ccccc5c5c6ccccc6ccc54)ccc32)c(C)c1. The van der Waals surface area contributed by atoms with Gasteiger partial charge in [-0.3, -0.25) is 0 Å². The van der Waals surface area contributed by atoms with Crippen LogP contribution in [-0.4, -0.2) is 11.3 Å². The molecule has 6 aromatic carbocycles. The van der Waals surface area contributed by atoms with Gasteiger partial charge in [-0.05, 0) is 61.9 Å². The molecule has 40 heavy (non-hydrogen) atoms. The van der Waals surface area contributed by atoms with Crippen LogP contribution in [0.5, 0.6) is 0 Å². The maximum absolute atomic E-state index is 2.45. The highest BCUT2D eigenvalue weighted by atomic mass is 32.2. The van der Waals surface area contributed by atoms with Gasteiger partial charge in [-0.25, -0.2) is 0 Å². The Balaban J connectivity index is 1.39. The Kier molecular flexibility index (Phi) is 5.27. The lowest BCUT2D eigenvalue weighted by Crippen LogP contribution is -2.56. The Morgan fingerprint density at radius 3 is 2.12 bits per heavy atom. The lowest BCUT2D eigenvalue weighted by Gasteiger charge is -2.29. The summed E-state index contributed by atoms with van der Waals surface area (Å²) in [6.45, 7) is 6.97. The highest BCUT2D eigenvalue weighted by molar-refractivity contribution is 8.00. The fraction of sp³-hybridized carbons (Fsp3) is 0.0811. The number of aryl methyl sites for hydroxylation is 3. The lowest BCUT2D eigenvalue weighted by atomic mass is 9.35. The number of aromatic nitrogens is 1. The van der Waals surface area contributed by atoms with Crippen molar-refractivity contribution in [3.05, 3.63) is 132 Å². The summed E-state index contributed by atoms with van der Waals surface area (Å²) in [6, 6.07) is 42.9. The molecule has 0 bridgehead atoms. The van der Waals surface area contributed by atoms with Gasteiger partial charge in [-0.15, -0.1) is 0 Å². The van der Waals surface area contributed by atoms with Gasteiger partial charge in [0.25, 0.3) is 0 Å². The van der Waals surface area contributed by atoms with E-state index in [2.05, 4.69) is 141 Å². The number of rotatable bonds is 2. The molecule has 0 spiro atoms. The summed E-state index contributed by atoms with van der Waals surface area (Å²) >= 11 is 1.91. The smallest absolute Gasteiger partial charge is 0.244 e. The van der Waals surface area contributed by atoms with E-state index in [0.717, 1.165) is 0 Å². The van der Waals surface area contributed by atoms with Crippen LogP contribution in [0.3, 0.4) is 0 Å². The number of hydrogen-bond donors (Lipinski definition) is 0. The van der Waals surface area contributed by atoms with Crippen molar-refractivity contribution < 1.29 is 0 Å². The van der Waals surface area contributed by atoms with E-state index in [0.29, 0.717) is 0 Å². The van der Waals surface area contributed by atoms with Crippen molar-refractivity contribution in [2.24, 2.45) is 0 Å². The van der Waals surface area contributed by atoms with E-state index in [1.54, 1.807) is 0 Å². The van der Waals surface area contributed by atoms with E-state index in [9.17, 15) is 0 Å². The van der Waals surface area contributed by atoms with E-state index in [-0.39, 0.29) is 6.71 Å². The molecule has 3 heteroatoms. The third-order valence-corrected chi connectivity index (χ3v) is 9.77. The van der Waals surface area contributed by atoms with Crippen molar-refractivity contribution in [1.29, 1.82) is 0 Å². The summed E-state index contributed by atoms with van der Waals surface area (Å²) in [7, 11) is 0. The predicted octanol–water partition coefficient (Wildman–Crippen LogP) is 7.84. The number of para-hydroxylation sites is 1. The third kappa shape index (κ3) is 3.44. The maximum Gasteiger partial charge on any atom is 0.244 e. The van der Waals surface area contributed by atoms with E-state index in [1.807, 2.05) is 11.8 Å². The second kappa shape index (κ2) is 8.91. The summed E-state index contributed by atoms with van der Waals surface area (Å²) in [5.41, 5.74) is 12.0. The molecule has 0 unspecified atom stereocenters. The van der Waals surface area contributed by atoms with Crippen LogP contribution in [0.2, 0.25) is 0 Å². The Bertz CT molecular complexity index is 2110. The quantitative estimate of drug-likeness (QED) is 0.207. The molecule has 8 rings (SSSR count). The molecule has 0 saturated heterocycles. The Morgan fingerprint density at radius 1 is 0.575 bits per heavy atom. The molecule has 1 aromatic heterocycles. The van der Waals surface area contributed by atoms with Gasteiger partial charge in [-0.1, -0.05) is 130 Å². The minimum atomic E-state index is 0.226. The highest BCUT2D eigenvalue weighted by Gasteiger charge is 2.33. The van der Waals surface area contributed by atoms with Crippen LogP contribution < -0.4 is 16.4 Å². The highest BCUT2D eigenvalue weighted by Crippen LogP contribution is 2.38. The number of hydrogen-bond acceptors (Lipinski definition) is 1. The molecule has 0 aliphatic carbocycles. The van der Waals surface area contributed by atoms with Gasteiger partial charge in [0.15, 0.2) is 0 Å². The lowest BCUT2D eigenvalue weighted by molar-refractivity contribution is 1.17. The van der Waals surface area contributed by atoms with E-state index >= 15 is 0 Å². The molecule has 0 atom stereocenters. The van der Waals surface area contributed by atoms with Crippen LogP contribution in [-0.2, 0) is 0 Å². The topological polar surface area (TPSA) is 4.93 Å². The zero-order valence-corrected chi connectivity index (χ0v) is 23.7. The molecule has 0 radical (unpaired) electrons. The first kappa shape index (κ1) is 23.7. The minimum Gasteiger partial charge on any atom is -0.309 e. The summed E-state index contributed by atoms with van der Waals surface area (Å²) in [4.78, 5) is 2.69. The zero-order chi connectivity index (χ0) is 27.0. The molecule has 2 heterocycles. The van der Waals surface area contributed by atoms with Crippen molar-refractivity contribution in [2.45, 2.75) is 30.6 Å². The van der Waals surface area contributed by atoms with Crippen LogP contribution in [0.15, 0.2) is 125 Å². The monoisotopic (exact) mass is 529 g/mol. The summed E-state index contributed by atoms with van der Waals surface area (Å²) in [6.07, 6.45) is 0. The van der Waals surface area contributed by atoms with Crippen molar-refractivity contribution in [3.63, 3.8) is 0 Å². The van der Waals surface area contributed by atoms with Crippen molar-refractivity contribution in [1.82, 2.24) is 4.57 Å². The van der Waals surface area contributed by atoms with Crippen molar-refractivity contribution in [2.75, 3.05) is 0 Å². The van der Waals surface area contributed by atoms with Gasteiger partial charge in [-0.2, -0.15) is 0 Å². The van der Waals surface area contributed by atoms with Crippen LogP contribution in [0.1, 0.15) is 16.7 Å². The second-order valence-electron chi connectivity index (χ2n) is 11.1. The van der Waals surface area contributed by atoms with E-state index in [4.69, 9.17) is 0 Å². The summed E-state index contributed by atoms with van der Waals surface area (Å²) in [5, 5.41) is 5.21. The van der Waals surface area contributed by atoms with E-state index < -0.39 is 0 Å². The minimum absolute atomic E-state index is 0.226. The van der Waals surface area contributed by atoms with Crippen LogP contribution in [0, 0.1) is 20.8 Å². The molecule has 7 aromatic rings. The Hall–Kier alpha value is -4.21. The number of benzene rings is 6. The van der Waals surface area contributed by atoms with Crippen molar-refractivity contribution >= 4 is 67.4 Å². The average Bonchev–Trinajstić information content (AvgIpc) is 3.31. The first-order valence-electron chi connectivity index (χ1n) is 14.0. The first-order valence-corrected chi connectivity index (χ1v) is 14.8. The Morgan fingerprint density at radius 2 is 1.27 bits per heavy atom. The average molecular weight is 530 g/mol.